The van der Waals surface area contributed by atoms with E-state index in [2.05, 4.69) is 10.6 Å². The van der Waals surface area contributed by atoms with Crippen molar-refractivity contribution in [1.29, 1.82) is 0 Å². The first-order valence-electron chi connectivity index (χ1n) is 7.96. The van der Waals surface area contributed by atoms with Crippen LogP contribution in [0.2, 0.25) is 5.02 Å². The number of hydrogen-bond acceptors (Lipinski definition) is 3. The molecule has 0 saturated heterocycles. The quantitative estimate of drug-likeness (QED) is 0.786. The summed E-state index contributed by atoms with van der Waals surface area (Å²) in [6.45, 7) is 5.18. The highest BCUT2D eigenvalue weighted by Gasteiger charge is 2.18. The van der Waals surface area contributed by atoms with Gasteiger partial charge in [0.1, 0.15) is 11.4 Å². The summed E-state index contributed by atoms with van der Waals surface area (Å²) >= 11 is 5.82. The molecule has 0 aliphatic rings. The van der Waals surface area contributed by atoms with E-state index in [1.165, 1.54) is 12.1 Å². The van der Waals surface area contributed by atoms with E-state index in [9.17, 15) is 14.0 Å². The fraction of sp³-hybridized carbons (Fsp3) is 0.263. The minimum Gasteiger partial charge on any atom is -0.444 e. The fourth-order valence-corrected chi connectivity index (χ4v) is 2.25. The van der Waals surface area contributed by atoms with E-state index in [0.29, 0.717) is 5.02 Å². The van der Waals surface area contributed by atoms with Gasteiger partial charge in [0.15, 0.2) is 0 Å². The average molecular weight is 379 g/mol. The Hall–Kier alpha value is -2.60. The lowest BCUT2D eigenvalue weighted by Crippen LogP contribution is -2.27. The maximum atomic E-state index is 13.6. The Bertz CT molecular complexity index is 801. The molecule has 0 aromatic heterocycles. The maximum Gasteiger partial charge on any atom is 0.412 e. The molecule has 2 aromatic rings. The molecule has 2 rings (SSSR count). The van der Waals surface area contributed by atoms with E-state index in [1.807, 2.05) is 0 Å². The van der Waals surface area contributed by atoms with Crippen LogP contribution in [-0.4, -0.2) is 17.6 Å². The van der Waals surface area contributed by atoms with Gasteiger partial charge in [0.2, 0.25) is 5.91 Å². The second kappa shape index (κ2) is 8.19. The smallest absolute Gasteiger partial charge is 0.412 e. The van der Waals surface area contributed by atoms with Gasteiger partial charge >= 0.3 is 6.09 Å². The van der Waals surface area contributed by atoms with E-state index in [0.717, 1.165) is 11.6 Å². The van der Waals surface area contributed by atoms with Crippen LogP contribution in [0.4, 0.5) is 20.6 Å². The van der Waals surface area contributed by atoms with Gasteiger partial charge in [-0.1, -0.05) is 23.7 Å². The number of halogens is 2. The first kappa shape index (κ1) is 19.7. The predicted molar refractivity (Wildman–Crippen MR) is 100 cm³/mol. The summed E-state index contributed by atoms with van der Waals surface area (Å²) in [6, 6.07) is 10.5. The van der Waals surface area contributed by atoms with Gasteiger partial charge < -0.3 is 10.1 Å². The minimum atomic E-state index is -0.697. The zero-order valence-electron chi connectivity index (χ0n) is 14.7. The van der Waals surface area contributed by atoms with Crippen LogP contribution < -0.4 is 10.6 Å². The monoisotopic (exact) mass is 378 g/mol. The highest BCUT2D eigenvalue weighted by Crippen LogP contribution is 2.24. The van der Waals surface area contributed by atoms with Crippen molar-refractivity contribution in [2.75, 3.05) is 10.6 Å². The number of rotatable bonds is 4. The molecule has 2 amide bonds. The molecule has 2 aromatic carbocycles. The fourth-order valence-electron chi connectivity index (χ4n) is 2.12. The molecule has 0 unspecified atom stereocenters. The Morgan fingerprint density at radius 3 is 2.31 bits per heavy atom. The lowest BCUT2D eigenvalue weighted by atomic mass is 10.1. The SMILES string of the molecule is CC(C)(C)OC(=O)Nc1ccc(F)cc1NC(=O)Cc1ccc(Cl)cc1. The van der Waals surface area contributed by atoms with Crippen LogP contribution in [0.25, 0.3) is 0 Å². The third-order valence-electron chi connectivity index (χ3n) is 3.17. The molecule has 0 aliphatic carbocycles. The van der Waals surface area contributed by atoms with Crippen molar-refractivity contribution in [3.63, 3.8) is 0 Å². The van der Waals surface area contributed by atoms with E-state index in [4.69, 9.17) is 16.3 Å². The molecular formula is C19H20ClFN2O3. The average Bonchev–Trinajstić information content (AvgIpc) is 2.50. The van der Waals surface area contributed by atoms with E-state index in [1.54, 1.807) is 45.0 Å². The maximum absolute atomic E-state index is 13.6. The number of carbonyl (C=O) groups is 2. The van der Waals surface area contributed by atoms with Gasteiger partial charge in [-0.15, -0.1) is 0 Å². The molecular weight excluding hydrogens is 359 g/mol. The number of ether oxygens (including phenoxy) is 1. The highest BCUT2D eigenvalue weighted by molar-refractivity contribution is 6.30. The van der Waals surface area contributed by atoms with Crippen molar-refractivity contribution in [2.24, 2.45) is 0 Å². The summed E-state index contributed by atoms with van der Waals surface area (Å²) in [5, 5.41) is 5.68. The van der Waals surface area contributed by atoms with Crippen LogP contribution in [-0.2, 0) is 16.0 Å². The summed E-state index contributed by atoms with van der Waals surface area (Å²) in [5.41, 5.74) is 0.465. The molecule has 2 N–H and O–H groups in total. The van der Waals surface area contributed by atoms with Crippen LogP contribution in [0, 0.1) is 5.82 Å². The van der Waals surface area contributed by atoms with Crippen molar-refractivity contribution >= 4 is 35.0 Å². The Morgan fingerprint density at radius 1 is 1.04 bits per heavy atom. The molecule has 5 nitrogen and oxygen atoms in total. The van der Waals surface area contributed by atoms with Crippen molar-refractivity contribution in [1.82, 2.24) is 0 Å². The lowest BCUT2D eigenvalue weighted by Gasteiger charge is -2.20. The van der Waals surface area contributed by atoms with E-state index < -0.39 is 17.5 Å². The van der Waals surface area contributed by atoms with Crippen LogP contribution in [0.1, 0.15) is 26.3 Å². The molecule has 0 spiro atoms. The minimum absolute atomic E-state index is 0.0829. The summed E-state index contributed by atoms with van der Waals surface area (Å²) in [6.07, 6.45) is -0.614. The standard InChI is InChI=1S/C19H20ClFN2O3/c1-19(2,3)26-18(25)23-15-9-8-14(21)11-16(15)22-17(24)10-12-4-6-13(20)7-5-12/h4-9,11H,10H2,1-3H3,(H,22,24)(H,23,25). The molecule has 0 heterocycles. The Labute approximate surface area is 156 Å². The van der Waals surface area contributed by atoms with Gasteiger partial charge in [-0.05, 0) is 56.7 Å². The normalized spacial score (nSPS) is 11.0. The van der Waals surface area contributed by atoms with Crippen LogP contribution in [0.5, 0.6) is 0 Å². The molecule has 0 radical (unpaired) electrons. The first-order valence-corrected chi connectivity index (χ1v) is 8.34. The molecule has 26 heavy (non-hydrogen) atoms. The summed E-state index contributed by atoms with van der Waals surface area (Å²) in [4.78, 5) is 24.2. The number of carbonyl (C=O) groups excluding carboxylic acids is 2. The van der Waals surface area contributed by atoms with Gasteiger partial charge in [0.05, 0.1) is 17.8 Å². The second-order valence-electron chi connectivity index (χ2n) is 6.67. The number of hydrogen-bond donors (Lipinski definition) is 2. The summed E-state index contributed by atoms with van der Waals surface area (Å²) < 4.78 is 18.7. The van der Waals surface area contributed by atoms with Gasteiger partial charge in [-0.2, -0.15) is 0 Å². The van der Waals surface area contributed by atoms with Gasteiger partial charge in [-0.25, -0.2) is 9.18 Å². The van der Waals surface area contributed by atoms with Crippen LogP contribution >= 0.6 is 11.6 Å². The Balaban J connectivity index is 2.10. The predicted octanol–water partition coefficient (Wildman–Crippen LogP) is 5.01. The number of benzene rings is 2. The van der Waals surface area contributed by atoms with E-state index in [-0.39, 0.29) is 23.7 Å². The third-order valence-corrected chi connectivity index (χ3v) is 3.42. The first-order chi connectivity index (χ1) is 12.1. The summed E-state index contributed by atoms with van der Waals surface area (Å²) in [7, 11) is 0. The largest absolute Gasteiger partial charge is 0.444 e. The molecule has 138 valence electrons. The number of amides is 2. The number of nitrogens with one attached hydrogen (secondary N) is 2. The topological polar surface area (TPSA) is 67.4 Å². The molecule has 0 bridgehead atoms. The zero-order chi connectivity index (χ0) is 19.3. The van der Waals surface area contributed by atoms with Crippen molar-refractivity contribution in [3.05, 3.63) is 58.9 Å². The van der Waals surface area contributed by atoms with Crippen molar-refractivity contribution in [3.8, 4) is 0 Å². The lowest BCUT2D eigenvalue weighted by molar-refractivity contribution is -0.115. The highest BCUT2D eigenvalue weighted by atomic mass is 35.5. The van der Waals surface area contributed by atoms with Gasteiger partial charge in [0.25, 0.3) is 0 Å². The molecule has 0 atom stereocenters. The zero-order valence-corrected chi connectivity index (χ0v) is 15.5. The van der Waals surface area contributed by atoms with Crippen molar-refractivity contribution in [2.45, 2.75) is 32.8 Å². The van der Waals surface area contributed by atoms with Gasteiger partial charge in [-0.3, -0.25) is 10.1 Å². The molecule has 0 aliphatic heterocycles. The Kier molecular flexibility index (Phi) is 6.21. The second-order valence-corrected chi connectivity index (χ2v) is 7.10. The molecule has 7 heteroatoms. The van der Waals surface area contributed by atoms with E-state index >= 15 is 0 Å². The Morgan fingerprint density at radius 2 is 1.69 bits per heavy atom. The molecule has 0 saturated carbocycles. The summed E-state index contributed by atoms with van der Waals surface area (Å²) in [5.74, 6) is -0.897. The molecule has 0 fully saturated rings. The number of anilines is 2. The van der Waals surface area contributed by atoms with Gasteiger partial charge in [0, 0.05) is 5.02 Å². The van der Waals surface area contributed by atoms with Crippen LogP contribution in [0.3, 0.4) is 0 Å². The van der Waals surface area contributed by atoms with Crippen LogP contribution in [0.15, 0.2) is 42.5 Å². The third kappa shape index (κ3) is 6.37. The van der Waals surface area contributed by atoms with Crippen molar-refractivity contribution < 1.29 is 18.7 Å².